The fourth-order valence-corrected chi connectivity index (χ4v) is 4.72. The first-order valence-corrected chi connectivity index (χ1v) is 11.7. The average Bonchev–Trinajstić information content (AvgIpc) is 3.37. The molecule has 160 valence electrons. The van der Waals surface area contributed by atoms with Gasteiger partial charge in [-0.1, -0.05) is 42.6 Å². The summed E-state index contributed by atoms with van der Waals surface area (Å²) in [6.07, 6.45) is 2.42. The van der Waals surface area contributed by atoms with E-state index >= 15 is 0 Å². The second-order valence-corrected chi connectivity index (χ2v) is 9.11. The quantitative estimate of drug-likeness (QED) is 0.383. The number of fused-ring (bicyclic) bond motifs is 1. The van der Waals surface area contributed by atoms with Gasteiger partial charge in [-0.2, -0.15) is 0 Å². The Morgan fingerprint density at radius 3 is 2.61 bits per heavy atom. The van der Waals surface area contributed by atoms with E-state index in [-0.39, 0.29) is 18.4 Å². The molecule has 4 rings (SSSR count). The Kier molecular flexibility index (Phi) is 6.43. The summed E-state index contributed by atoms with van der Waals surface area (Å²) in [4.78, 5) is 16.7. The maximum atomic E-state index is 12.4. The number of carbonyl (C=O) groups excluding carboxylic acids is 1. The van der Waals surface area contributed by atoms with E-state index in [1.807, 2.05) is 42.5 Å². The number of anilines is 2. The number of nitrogen functional groups attached to an aromatic ring is 1. The number of benzene rings is 2. The summed E-state index contributed by atoms with van der Waals surface area (Å²) in [5, 5.41) is 12.9. The second-order valence-electron chi connectivity index (χ2n) is 7.07. The van der Waals surface area contributed by atoms with Crippen molar-refractivity contribution < 1.29 is 9.53 Å². The van der Waals surface area contributed by atoms with Gasteiger partial charge in [-0.15, -0.1) is 10.2 Å². The number of hydrogen-bond acceptors (Lipinski definition) is 8. The lowest BCUT2D eigenvalue weighted by atomic mass is 10.1. The highest BCUT2D eigenvalue weighted by atomic mass is 32.1. The molecule has 3 N–H and O–H groups in total. The molecule has 7 nitrogen and oxygen atoms in total. The zero-order valence-corrected chi connectivity index (χ0v) is 18.9. The molecule has 2 aromatic carbocycles. The predicted octanol–water partition coefficient (Wildman–Crippen LogP) is 5.15. The van der Waals surface area contributed by atoms with Crippen LogP contribution in [0.2, 0.25) is 0 Å². The second kappa shape index (κ2) is 9.40. The monoisotopic (exact) mass is 453 g/mol. The summed E-state index contributed by atoms with van der Waals surface area (Å²) in [7, 11) is 0. The normalized spacial score (nSPS) is 11.2. The number of thiazole rings is 1. The van der Waals surface area contributed by atoms with Gasteiger partial charge in [-0.3, -0.25) is 4.79 Å². The molecule has 9 heteroatoms. The molecule has 0 saturated carbocycles. The van der Waals surface area contributed by atoms with Crippen molar-refractivity contribution in [2.45, 2.75) is 39.2 Å². The van der Waals surface area contributed by atoms with Crippen molar-refractivity contribution in [1.82, 2.24) is 15.2 Å². The fourth-order valence-electron chi connectivity index (χ4n) is 3.16. The van der Waals surface area contributed by atoms with Crippen molar-refractivity contribution in [3.05, 3.63) is 48.0 Å². The van der Waals surface area contributed by atoms with Crippen molar-refractivity contribution in [2.24, 2.45) is 0 Å². The first kappa shape index (κ1) is 21.2. The van der Waals surface area contributed by atoms with Gasteiger partial charge in [-0.25, -0.2) is 4.98 Å². The highest BCUT2D eigenvalue weighted by Crippen LogP contribution is 2.29. The van der Waals surface area contributed by atoms with Gasteiger partial charge in [0.15, 0.2) is 5.13 Å². The zero-order chi connectivity index (χ0) is 21.8. The molecular formula is C22H23N5O2S2. The number of carbonyl (C=O) groups is 1. The molecule has 31 heavy (non-hydrogen) atoms. The lowest BCUT2D eigenvalue weighted by molar-refractivity contribution is -0.115. The first-order chi connectivity index (χ1) is 15.0. The molecule has 0 unspecified atom stereocenters. The Labute approximate surface area is 188 Å². The van der Waals surface area contributed by atoms with Crippen molar-refractivity contribution in [1.29, 1.82) is 0 Å². The van der Waals surface area contributed by atoms with Crippen molar-refractivity contribution in [3.8, 4) is 16.3 Å². The van der Waals surface area contributed by atoms with Crippen LogP contribution in [0.15, 0.2) is 42.5 Å². The molecule has 0 aliphatic carbocycles. The highest BCUT2D eigenvalue weighted by molar-refractivity contribution is 7.22. The Balaban J connectivity index is 1.38. The Bertz CT molecular complexity index is 1180. The molecular weight excluding hydrogens is 430 g/mol. The number of nitrogens with one attached hydrogen (secondary N) is 1. The van der Waals surface area contributed by atoms with Crippen LogP contribution < -0.4 is 15.8 Å². The number of hydrogen-bond donors (Lipinski definition) is 2. The Morgan fingerprint density at radius 1 is 1.10 bits per heavy atom. The number of aromatic nitrogens is 3. The van der Waals surface area contributed by atoms with Gasteiger partial charge in [0.25, 0.3) is 0 Å². The summed E-state index contributed by atoms with van der Waals surface area (Å²) in [6.45, 7) is 4.24. The van der Waals surface area contributed by atoms with Crippen LogP contribution in [0.3, 0.4) is 0 Å². The van der Waals surface area contributed by atoms with Crippen molar-refractivity contribution in [2.75, 3.05) is 11.1 Å². The third kappa shape index (κ3) is 5.18. The van der Waals surface area contributed by atoms with Crippen LogP contribution in [-0.2, 0) is 11.2 Å². The lowest BCUT2D eigenvalue weighted by Crippen LogP contribution is -2.14. The van der Waals surface area contributed by atoms with Gasteiger partial charge in [0, 0.05) is 5.56 Å². The number of rotatable bonds is 8. The number of amides is 1. The minimum Gasteiger partial charge on any atom is -0.490 e. The molecule has 0 aliphatic heterocycles. The number of nitrogens with two attached hydrogens (primary N) is 1. The van der Waals surface area contributed by atoms with Crippen LogP contribution in [0.4, 0.5) is 10.3 Å². The van der Waals surface area contributed by atoms with E-state index in [9.17, 15) is 4.79 Å². The SMILES string of the molecule is CCC(CC)Oc1ccc(-c2nnc(NC(=O)Cc3ccc4nc(N)sc4c3)s2)cc1. The van der Waals surface area contributed by atoms with Crippen LogP contribution >= 0.6 is 22.7 Å². The topological polar surface area (TPSA) is 103 Å². The van der Waals surface area contributed by atoms with Gasteiger partial charge in [0.1, 0.15) is 10.8 Å². The molecule has 2 aromatic heterocycles. The lowest BCUT2D eigenvalue weighted by Gasteiger charge is -2.15. The minimum atomic E-state index is -0.145. The molecule has 0 saturated heterocycles. The smallest absolute Gasteiger partial charge is 0.230 e. The van der Waals surface area contributed by atoms with Gasteiger partial charge < -0.3 is 15.8 Å². The predicted molar refractivity (Wildman–Crippen MR) is 127 cm³/mol. The van der Waals surface area contributed by atoms with Gasteiger partial charge in [-0.05, 0) is 54.8 Å². The van der Waals surface area contributed by atoms with E-state index in [1.165, 1.54) is 22.7 Å². The van der Waals surface area contributed by atoms with Crippen LogP contribution in [0, 0.1) is 0 Å². The molecule has 0 bridgehead atoms. The summed E-state index contributed by atoms with van der Waals surface area (Å²) in [5.41, 5.74) is 8.42. The molecule has 4 aromatic rings. The summed E-state index contributed by atoms with van der Waals surface area (Å²) in [5.74, 6) is 0.698. The Hall–Kier alpha value is -3.04. The molecule has 0 aliphatic rings. The minimum absolute atomic E-state index is 0.145. The van der Waals surface area contributed by atoms with E-state index < -0.39 is 0 Å². The van der Waals surface area contributed by atoms with Crippen molar-refractivity contribution >= 4 is 49.1 Å². The molecule has 0 fully saturated rings. The number of nitrogens with zero attached hydrogens (tertiary/aromatic N) is 3. The molecule has 2 heterocycles. The van der Waals surface area contributed by atoms with Gasteiger partial charge in [0.2, 0.25) is 11.0 Å². The van der Waals surface area contributed by atoms with Crippen LogP contribution in [-0.4, -0.2) is 27.2 Å². The third-order valence-electron chi connectivity index (χ3n) is 4.82. The molecule has 0 spiro atoms. The van der Waals surface area contributed by atoms with Crippen LogP contribution in [0.1, 0.15) is 32.3 Å². The first-order valence-electron chi connectivity index (χ1n) is 10.1. The van der Waals surface area contributed by atoms with E-state index in [2.05, 4.69) is 34.3 Å². The van der Waals surface area contributed by atoms with E-state index in [0.29, 0.717) is 10.3 Å². The maximum Gasteiger partial charge on any atom is 0.230 e. The standard InChI is InChI=1S/C22H23N5O2S2/c1-3-15(4-2)29-16-8-6-14(7-9-16)20-26-27-22(31-20)25-19(28)12-13-5-10-17-18(11-13)30-21(23)24-17/h5-11,15H,3-4,12H2,1-2H3,(H2,23,24)(H,25,27,28). The summed E-state index contributed by atoms with van der Waals surface area (Å²) in [6, 6.07) is 13.5. The summed E-state index contributed by atoms with van der Waals surface area (Å²) >= 11 is 2.75. The van der Waals surface area contributed by atoms with E-state index in [1.54, 1.807) is 0 Å². The zero-order valence-electron chi connectivity index (χ0n) is 17.3. The van der Waals surface area contributed by atoms with Crippen molar-refractivity contribution in [3.63, 3.8) is 0 Å². The van der Waals surface area contributed by atoms with Gasteiger partial charge >= 0.3 is 0 Å². The average molecular weight is 454 g/mol. The largest absolute Gasteiger partial charge is 0.490 e. The van der Waals surface area contributed by atoms with E-state index in [0.717, 1.165) is 44.9 Å². The summed E-state index contributed by atoms with van der Waals surface area (Å²) < 4.78 is 6.92. The molecule has 1 amide bonds. The molecule has 0 atom stereocenters. The third-order valence-corrected chi connectivity index (χ3v) is 6.56. The van der Waals surface area contributed by atoms with Crippen LogP contribution in [0.5, 0.6) is 5.75 Å². The van der Waals surface area contributed by atoms with Crippen LogP contribution in [0.25, 0.3) is 20.8 Å². The Morgan fingerprint density at radius 2 is 1.87 bits per heavy atom. The highest BCUT2D eigenvalue weighted by Gasteiger charge is 2.12. The molecule has 0 radical (unpaired) electrons. The maximum absolute atomic E-state index is 12.4. The van der Waals surface area contributed by atoms with Gasteiger partial charge in [0.05, 0.1) is 22.7 Å². The van der Waals surface area contributed by atoms with E-state index in [4.69, 9.17) is 10.5 Å². The fraction of sp³-hybridized carbons (Fsp3) is 0.273. The number of ether oxygens (including phenoxy) is 1.